The lowest BCUT2D eigenvalue weighted by Crippen LogP contribution is -2.48. The molecule has 1 aromatic heterocycles. The molecule has 27 heavy (non-hydrogen) atoms. The van der Waals surface area contributed by atoms with Crippen LogP contribution in [-0.4, -0.2) is 49.4 Å². The van der Waals surface area contributed by atoms with Gasteiger partial charge in [0.2, 0.25) is 11.8 Å². The van der Waals surface area contributed by atoms with Crippen LogP contribution < -0.4 is 10.2 Å². The van der Waals surface area contributed by atoms with Crippen LogP contribution in [0.1, 0.15) is 18.6 Å². The zero-order chi connectivity index (χ0) is 18.9. The number of amides is 2. The molecule has 1 fully saturated rings. The number of hydrogen-bond donors (Lipinski definition) is 1. The Morgan fingerprint density at radius 1 is 1.04 bits per heavy atom. The number of anilines is 1. The normalized spacial score (nSPS) is 14.5. The van der Waals surface area contributed by atoms with Gasteiger partial charge in [-0.3, -0.25) is 9.59 Å². The van der Waals surface area contributed by atoms with Crippen LogP contribution in [0.3, 0.4) is 0 Å². The van der Waals surface area contributed by atoms with Crippen LogP contribution in [0.2, 0.25) is 0 Å². The summed E-state index contributed by atoms with van der Waals surface area (Å²) in [6, 6.07) is 13.8. The molecular formula is C21H25N3O3. The minimum atomic E-state index is -0.185. The van der Waals surface area contributed by atoms with E-state index in [4.69, 9.17) is 4.42 Å². The first kappa shape index (κ1) is 18.8. The Bertz CT molecular complexity index is 748. The van der Waals surface area contributed by atoms with Gasteiger partial charge in [-0.15, -0.1) is 0 Å². The Morgan fingerprint density at radius 3 is 2.52 bits per heavy atom. The van der Waals surface area contributed by atoms with Gasteiger partial charge >= 0.3 is 0 Å². The standard InChI is InChI=1S/C21H25N3O3/c25-20(11-10-19-8-5-17-27-19)22-12-4-9-21(26)24-15-13-23(14-16-24)18-6-2-1-3-7-18/h1-3,5-8,10-11,17H,4,9,12-16H2,(H,22,25)/b11-10+. The van der Waals surface area contributed by atoms with E-state index in [2.05, 4.69) is 22.3 Å². The number of nitrogens with one attached hydrogen (secondary N) is 1. The summed E-state index contributed by atoms with van der Waals surface area (Å²) in [6.07, 6.45) is 5.70. The Balaban J connectivity index is 1.31. The van der Waals surface area contributed by atoms with Gasteiger partial charge in [0.1, 0.15) is 5.76 Å². The number of rotatable bonds is 7. The summed E-state index contributed by atoms with van der Waals surface area (Å²) >= 11 is 0. The Hall–Kier alpha value is -3.02. The molecule has 0 saturated carbocycles. The van der Waals surface area contributed by atoms with E-state index >= 15 is 0 Å². The van der Waals surface area contributed by atoms with Gasteiger partial charge in [-0.1, -0.05) is 18.2 Å². The van der Waals surface area contributed by atoms with Crippen LogP contribution in [0.25, 0.3) is 6.08 Å². The summed E-state index contributed by atoms with van der Waals surface area (Å²) in [5.41, 5.74) is 1.20. The molecule has 6 nitrogen and oxygen atoms in total. The second-order valence-electron chi connectivity index (χ2n) is 6.45. The third-order valence-corrected chi connectivity index (χ3v) is 4.56. The SMILES string of the molecule is O=C(/C=C/c1ccco1)NCCCC(=O)N1CCN(c2ccccc2)CC1. The smallest absolute Gasteiger partial charge is 0.244 e. The topological polar surface area (TPSA) is 65.8 Å². The van der Waals surface area contributed by atoms with Gasteiger partial charge in [0, 0.05) is 50.9 Å². The Morgan fingerprint density at radius 2 is 1.81 bits per heavy atom. The second kappa shape index (κ2) is 9.62. The maximum Gasteiger partial charge on any atom is 0.244 e. The fourth-order valence-electron chi connectivity index (χ4n) is 3.07. The molecule has 1 aliphatic rings. The number of nitrogens with zero attached hydrogens (tertiary/aromatic N) is 2. The average molecular weight is 367 g/mol. The van der Waals surface area contributed by atoms with Gasteiger partial charge in [-0.2, -0.15) is 0 Å². The van der Waals surface area contributed by atoms with E-state index in [1.54, 1.807) is 24.5 Å². The van der Waals surface area contributed by atoms with Crippen molar-refractivity contribution in [1.82, 2.24) is 10.2 Å². The number of carbonyl (C=O) groups is 2. The zero-order valence-corrected chi connectivity index (χ0v) is 15.3. The molecule has 2 aromatic rings. The summed E-state index contributed by atoms with van der Waals surface area (Å²) in [7, 11) is 0. The minimum Gasteiger partial charge on any atom is -0.465 e. The molecule has 6 heteroatoms. The van der Waals surface area contributed by atoms with Gasteiger partial charge in [0.25, 0.3) is 0 Å². The summed E-state index contributed by atoms with van der Waals surface area (Å²) in [4.78, 5) is 28.3. The largest absolute Gasteiger partial charge is 0.465 e. The average Bonchev–Trinajstić information content (AvgIpc) is 3.24. The molecule has 0 aliphatic carbocycles. The molecule has 1 aromatic carbocycles. The number of benzene rings is 1. The van der Waals surface area contributed by atoms with Crippen molar-refractivity contribution in [2.24, 2.45) is 0 Å². The van der Waals surface area contributed by atoms with Crippen molar-refractivity contribution in [2.75, 3.05) is 37.6 Å². The molecule has 2 heterocycles. The molecule has 0 unspecified atom stereocenters. The van der Waals surface area contributed by atoms with E-state index in [1.807, 2.05) is 23.1 Å². The first-order chi connectivity index (χ1) is 13.2. The molecule has 0 bridgehead atoms. The molecule has 0 atom stereocenters. The van der Waals surface area contributed by atoms with Crippen LogP contribution in [-0.2, 0) is 9.59 Å². The molecule has 142 valence electrons. The van der Waals surface area contributed by atoms with Crippen molar-refractivity contribution in [1.29, 1.82) is 0 Å². The fourth-order valence-corrected chi connectivity index (χ4v) is 3.07. The zero-order valence-electron chi connectivity index (χ0n) is 15.3. The maximum atomic E-state index is 12.3. The van der Waals surface area contributed by atoms with Gasteiger partial charge in [0.05, 0.1) is 6.26 Å². The highest BCUT2D eigenvalue weighted by Crippen LogP contribution is 2.16. The maximum absolute atomic E-state index is 12.3. The highest BCUT2D eigenvalue weighted by Gasteiger charge is 2.20. The number of para-hydroxylation sites is 1. The molecular weight excluding hydrogens is 342 g/mol. The van der Waals surface area contributed by atoms with Crippen LogP contribution in [0.4, 0.5) is 5.69 Å². The molecule has 1 N–H and O–H groups in total. The van der Waals surface area contributed by atoms with Crippen LogP contribution in [0, 0.1) is 0 Å². The summed E-state index contributed by atoms with van der Waals surface area (Å²) in [5, 5.41) is 2.79. The van der Waals surface area contributed by atoms with Crippen molar-refractivity contribution in [3.63, 3.8) is 0 Å². The van der Waals surface area contributed by atoms with Gasteiger partial charge in [-0.25, -0.2) is 0 Å². The summed E-state index contributed by atoms with van der Waals surface area (Å²) < 4.78 is 5.12. The van der Waals surface area contributed by atoms with Crippen LogP contribution in [0.15, 0.2) is 59.2 Å². The highest BCUT2D eigenvalue weighted by atomic mass is 16.3. The monoisotopic (exact) mass is 367 g/mol. The number of hydrogen-bond acceptors (Lipinski definition) is 4. The van der Waals surface area contributed by atoms with E-state index in [9.17, 15) is 9.59 Å². The van der Waals surface area contributed by atoms with E-state index in [1.165, 1.54) is 11.8 Å². The molecule has 1 saturated heterocycles. The number of carbonyl (C=O) groups excluding carboxylic acids is 2. The van der Waals surface area contributed by atoms with Crippen molar-refractivity contribution >= 4 is 23.6 Å². The quantitative estimate of drug-likeness (QED) is 0.603. The third kappa shape index (κ3) is 5.74. The Labute approximate surface area is 159 Å². The lowest BCUT2D eigenvalue weighted by atomic mass is 10.2. The highest BCUT2D eigenvalue weighted by molar-refractivity contribution is 5.91. The number of furan rings is 1. The predicted molar refractivity (Wildman–Crippen MR) is 105 cm³/mol. The first-order valence-corrected chi connectivity index (χ1v) is 9.29. The fraction of sp³-hybridized carbons (Fsp3) is 0.333. The van der Waals surface area contributed by atoms with Gasteiger partial charge in [0.15, 0.2) is 0 Å². The van der Waals surface area contributed by atoms with Crippen molar-refractivity contribution in [2.45, 2.75) is 12.8 Å². The Kier molecular flexibility index (Phi) is 6.68. The third-order valence-electron chi connectivity index (χ3n) is 4.56. The van der Waals surface area contributed by atoms with Crippen LogP contribution in [0.5, 0.6) is 0 Å². The first-order valence-electron chi connectivity index (χ1n) is 9.29. The number of piperazine rings is 1. The van der Waals surface area contributed by atoms with Crippen molar-refractivity contribution in [3.8, 4) is 0 Å². The van der Waals surface area contributed by atoms with E-state index in [-0.39, 0.29) is 11.8 Å². The molecule has 2 amide bonds. The minimum absolute atomic E-state index is 0.156. The lowest BCUT2D eigenvalue weighted by molar-refractivity contribution is -0.131. The molecule has 1 aliphatic heterocycles. The second-order valence-corrected chi connectivity index (χ2v) is 6.45. The van der Waals surface area contributed by atoms with Gasteiger partial charge < -0.3 is 19.5 Å². The molecule has 0 radical (unpaired) electrons. The van der Waals surface area contributed by atoms with Crippen molar-refractivity contribution < 1.29 is 14.0 Å². The predicted octanol–water partition coefficient (Wildman–Crippen LogP) is 2.54. The lowest BCUT2D eigenvalue weighted by Gasteiger charge is -2.36. The summed E-state index contributed by atoms with van der Waals surface area (Å²) in [6.45, 7) is 3.67. The van der Waals surface area contributed by atoms with Crippen molar-refractivity contribution in [3.05, 3.63) is 60.6 Å². The van der Waals surface area contributed by atoms with E-state index in [0.29, 0.717) is 25.1 Å². The molecule has 0 spiro atoms. The van der Waals surface area contributed by atoms with E-state index < -0.39 is 0 Å². The summed E-state index contributed by atoms with van der Waals surface area (Å²) in [5.74, 6) is 0.605. The molecule has 3 rings (SSSR count). The van der Waals surface area contributed by atoms with Gasteiger partial charge in [-0.05, 0) is 36.8 Å². The van der Waals surface area contributed by atoms with E-state index in [0.717, 1.165) is 26.2 Å². The van der Waals surface area contributed by atoms with Crippen LogP contribution >= 0.6 is 0 Å².